The Morgan fingerprint density at radius 2 is 1.52 bits per heavy atom. The monoisotopic (exact) mass is 346 g/mol. The minimum Gasteiger partial charge on any atom is -0.504 e. The van der Waals surface area contributed by atoms with Gasteiger partial charge in [0.2, 0.25) is 0 Å². The summed E-state index contributed by atoms with van der Waals surface area (Å²) in [6, 6.07) is 10.0. The molecule has 112 valence electrons. The maximum Gasteiger partial charge on any atom is 0.179 e. The van der Waals surface area contributed by atoms with Gasteiger partial charge in [-0.05, 0) is 30.3 Å². The zero-order valence-corrected chi connectivity index (χ0v) is 13.3. The lowest BCUT2D eigenvalue weighted by atomic mass is 10.3. The molecule has 0 aliphatic carbocycles. The van der Waals surface area contributed by atoms with Crippen molar-refractivity contribution >= 4 is 34.8 Å². The zero-order chi connectivity index (χ0) is 15.2. The molecule has 2 rings (SSSR count). The van der Waals surface area contributed by atoms with Crippen molar-refractivity contribution in [3.8, 4) is 17.2 Å². The summed E-state index contributed by atoms with van der Waals surface area (Å²) in [6.45, 7) is 0.843. The van der Waals surface area contributed by atoms with E-state index in [1.54, 1.807) is 24.3 Å². The lowest BCUT2D eigenvalue weighted by molar-refractivity contribution is 0.241. The second-order valence-corrected chi connectivity index (χ2v) is 5.52. The third-order valence-electron chi connectivity index (χ3n) is 2.61. The normalized spacial score (nSPS) is 10.4. The number of phenolic OH excluding ortho intramolecular Hbond substituents is 1. The molecule has 0 aliphatic rings. The quantitative estimate of drug-likeness (QED) is 0.730. The highest BCUT2D eigenvalue weighted by atomic mass is 35.5. The van der Waals surface area contributed by atoms with Crippen LogP contribution >= 0.6 is 34.8 Å². The summed E-state index contributed by atoms with van der Waals surface area (Å²) in [5, 5.41) is 11.0. The van der Waals surface area contributed by atoms with Crippen LogP contribution in [0, 0.1) is 0 Å². The van der Waals surface area contributed by atoms with Crippen molar-refractivity contribution in [2.75, 3.05) is 13.2 Å². The molecule has 0 spiro atoms. The molecular weight excluding hydrogens is 335 g/mol. The van der Waals surface area contributed by atoms with Crippen LogP contribution in [-0.4, -0.2) is 18.3 Å². The van der Waals surface area contributed by atoms with Crippen LogP contribution in [0.3, 0.4) is 0 Å². The molecule has 1 N–H and O–H groups in total. The minimum atomic E-state index is -0.0777. The molecule has 0 fully saturated rings. The molecule has 2 aromatic carbocycles. The molecule has 0 saturated heterocycles. The van der Waals surface area contributed by atoms with Gasteiger partial charge in [0, 0.05) is 22.5 Å². The Hall–Kier alpha value is -1.29. The SMILES string of the molecule is Oc1cc(Cl)cc(Cl)c1OCCCOc1ccc(Cl)cc1. The fraction of sp³-hybridized carbons (Fsp3) is 0.200. The molecule has 0 radical (unpaired) electrons. The van der Waals surface area contributed by atoms with Crippen LogP contribution in [0.15, 0.2) is 36.4 Å². The molecule has 0 bridgehead atoms. The first-order valence-corrected chi connectivity index (χ1v) is 7.39. The van der Waals surface area contributed by atoms with Gasteiger partial charge in [-0.15, -0.1) is 0 Å². The predicted molar refractivity (Wildman–Crippen MR) is 85.2 cm³/mol. The standard InChI is InChI=1S/C15H13Cl3O3/c16-10-2-4-12(5-3-10)20-6-1-7-21-15-13(18)8-11(17)9-14(15)19/h2-5,8-9,19H,1,6-7H2. The van der Waals surface area contributed by atoms with Gasteiger partial charge < -0.3 is 14.6 Å². The molecule has 0 heterocycles. The van der Waals surface area contributed by atoms with Crippen LogP contribution < -0.4 is 9.47 Å². The second kappa shape index (κ2) is 7.64. The summed E-state index contributed by atoms with van der Waals surface area (Å²) in [4.78, 5) is 0. The van der Waals surface area contributed by atoms with E-state index in [4.69, 9.17) is 44.3 Å². The van der Waals surface area contributed by atoms with Gasteiger partial charge in [-0.2, -0.15) is 0 Å². The summed E-state index contributed by atoms with van der Waals surface area (Å²) < 4.78 is 11.0. The summed E-state index contributed by atoms with van der Waals surface area (Å²) in [6.07, 6.45) is 0.640. The summed E-state index contributed by atoms with van der Waals surface area (Å²) in [7, 11) is 0. The highest BCUT2D eigenvalue weighted by Crippen LogP contribution is 2.37. The molecule has 0 aromatic heterocycles. The van der Waals surface area contributed by atoms with Gasteiger partial charge >= 0.3 is 0 Å². The van der Waals surface area contributed by atoms with Crippen LogP contribution in [0.5, 0.6) is 17.2 Å². The molecule has 2 aromatic rings. The van der Waals surface area contributed by atoms with E-state index in [2.05, 4.69) is 0 Å². The first-order valence-electron chi connectivity index (χ1n) is 6.25. The van der Waals surface area contributed by atoms with Crippen molar-refractivity contribution in [2.45, 2.75) is 6.42 Å². The zero-order valence-electron chi connectivity index (χ0n) is 11.0. The molecular formula is C15H13Cl3O3. The summed E-state index contributed by atoms with van der Waals surface area (Å²) in [5.41, 5.74) is 0. The van der Waals surface area contributed by atoms with Gasteiger partial charge in [0.05, 0.1) is 18.2 Å². The lowest BCUT2D eigenvalue weighted by Gasteiger charge is -2.11. The molecule has 6 heteroatoms. The third-order valence-corrected chi connectivity index (χ3v) is 3.36. The van der Waals surface area contributed by atoms with E-state index in [-0.39, 0.29) is 16.5 Å². The number of hydrogen-bond acceptors (Lipinski definition) is 3. The van der Waals surface area contributed by atoms with Crippen LogP contribution in [0.25, 0.3) is 0 Å². The second-order valence-electron chi connectivity index (χ2n) is 4.24. The van der Waals surface area contributed by atoms with Crippen LogP contribution in [-0.2, 0) is 0 Å². The maximum atomic E-state index is 9.70. The van der Waals surface area contributed by atoms with Gasteiger partial charge in [0.15, 0.2) is 11.5 Å². The fourth-order valence-electron chi connectivity index (χ4n) is 1.64. The van der Waals surface area contributed by atoms with Gasteiger partial charge in [-0.3, -0.25) is 0 Å². The van der Waals surface area contributed by atoms with Crippen LogP contribution in [0.4, 0.5) is 0 Å². The Labute approximate surface area is 138 Å². The van der Waals surface area contributed by atoms with E-state index in [9.17, 15) is 5.11 Å². The van der Waals surface area contributed by atoms with Crippen LogP contribution in [0.2, 0.25) is 15.1 Å². The number of aromatic hydroxyl groups is 1. The Morgan fingerprint density at radius 1 is 0.857 bits per heavy atom. The maximum absolute atomic E-state index is 9.70. The van der Waals surface area contributed by atoms with Gasteiger partial charge in [-0.25, -0.2) is 0 Å². The highest BCUT2D eigenvalue weighted by Gasteiger charge is 2.09. The van der Waals surface area contributed by atoms with E-state index in [1.807, 2.05) is 0 Å². The van der Waals surface area contributed by atoms with Gasteiger partial charge in [0.25, 0.3) is 0 Å². The van der Waals surface area contributed by atoms with Gasteiger partial charge in [-0.1, -0.05) is 34.8 Å². The van der Waals surface area contributed by atoms with Crippen molar-refractivity contribution in [1.29, 1.82) is 0 Å². The third kappa shape index (κ3) is 4.88. The smallest absolute Gasteiger partial charge is 0.179 e. The van der Waals surface area contributed by atoms with E-state index >= 15 is 0 Å². The van der Waals surface area contributed by atoms with E-state index in [0.717, 1.165) is 5.75 Å². The molecule has 21 heavy (non-hydrogen) atoms. The minimum absolute atomic E-state index is 0.0777. The number of halogens is 3. The first kappa shape index (κ1) is 16.1. The number of rotatable bonds is 6. The predicted octanol–water partition coefficient (Wildman–Crippen LogP) is 5.20. The number of benzene rings is 2. The summed E-state index contributed by atoms with van der Waals surface area (Å²) in [5.74, 6) is 0.894. The van der Waals surface area contributed by atoms with Crippen LogP contribution in [0.1, 0.15) is 6.42 Å². The summed E-state index contributed by atoms with van der Waals surface area (Å²) >= 11 is 17.5. The van der Waals surface area contributed by atoms with Crippen molar-refractivity contribution in [2.24, 2.45) is 0 Å². The largest absolute Gasteiger partial charge is 0.504 e. The molecule has 0 unspecified atom stereocenters. The van der Waals surface area contributed by atoms with E-state index in [1.165, 1.54) is 12.1 Å². The van der Waals surface area contributed by atoms with Crippen molar-refractivity contribution in [1.82, 2.24) is 0 Å². The van der Waals surface area contributed by atoms with E-state index < -0.39 is 0 Å². The first-order chi connectivity index (χ1) is 10.1. The Bertz CT molecular complexity index is 577. The molecule has 0 saturated carbocycles. The highest BCUT2D eigenvalue weighted by molar-refractivity contribution is 6.35. The van der Waals surface area contributed by atoms with Crippen molar-refractivity contribution in [3.05, 3.63) is 51.5 Å². The lowest BCUT2D eigenvalue weighted by Crippen LogP contribution is -2.05. The Balaban J connectivity index is 1.76. The average molecular weight is 348 g/mol. The Morgan fingerprint density at radius 3 is 2.19 bits per heavy atom. The number of phenols is 1. The topological polar surface area (TPSA) is 38.7 Å². The fourth-order valence-corrected chi connectivity index (χ4v) is 2.31. The Kier molecular flexibility index (Phi) is 5.85. The molecule has 0 atom stereocenters. The van der Waals surface area contributed by atoms with Gasteiger partial charge in [0.1, 0.15) is 5.75 Å². The molecule has 3 nitrogen and oxygen atoms in total. The average Bonchev–Trinajstić information content (AvgIpc) is 2.43. The van der Waals surface area contributed by atoms with E-state index in [0.29, 0.717) is 29.7 Å². The molecule has 0 amide bonds. The number of hydrogen-bond donors (Lipinski definition) is 1. The van der Waals surface area contributed by atoms with Crippen molar-refractivity contribution < 1.29 is 14.6 Å². The number of ether oxygens (including phenoxy) is 2. The van der Waals surface area contributed by atoms with Crippen molar-refractivity contribution in [3.63, 3.8) is 0 Å². The molecule has 0 aliphatic heterocycles.